The third kappa shape index (κ3) is 6.06. The van der Waals surface area contributed by atoms with Gasteiger partial charge in [-0.3, -0.25) is 0 Å². The number of aryl methyl sites for hydroxylation is 1. The molecule has 29 heavy (non-hydrogen) atoms. The number of rotatable bonds is 5. The van der Waals surface area contributed by atoms with Crippen LogP contribution in [0.2, 0.25) is 0 Å². The van der Waals surface area contributed by atoms with E-state index in [1.54, 1.807) is 0 Å². The van der Waals surface area contributed by atoms with Crippen LogP contribution >= 0.6 is 11.3 Å². The van der Waals surface area contributed by atoms with E-state index in [1.165, 1.54) is 0 Å². The van der Waals surface area contributed by atoms with Gasteiger partial charge in [-0.1, -0.05) is 6.07 Å². The van der Waals surface area contributed by atoms with Crippen molar-refractivity contribution in [2.24, 2.45) is 4.99 Å². The Kier molecular flexibility index (Phi) is 6.94. The largest absolute Gasteiger partial charge is 0.434 e. The third-order valence-corrected chi connectivity index (χ3v) is 5.45. The summed E-state index contributed by atoms with van der Waals surface area (Å²) < 4.78 is 38.0. The summed E-state index contributed by atoms with van der Waals surface area (Å²) in [5, 5.41) is 7.92. The van der Waals surface area contributed by atoms with Gasteiger partial charge in [-0.15, -0.1) is 11.3 Å². The lowest BCUT2D eigenvalue weighted by Gasteiger charge is -2.33. The predicted octanol–water partition coefficient (Wildman–Crippen LogP) is 3.59. The number of anilines is 1. The topological polar surface area (TPSA) is 65.4 Å². The summed E-state index contributed by atoms with van der Waals surface area (Å²) in [5.41, 5.74) is 0.280. The molecule has 10 heteroatoms. The Morgan fingerprint density at radius 3 is 2.66 bits per heavy atom. The zero-order valence-electron chi connectivity index (χ0n) is 16.5. The van der Waals surface area contributed by atoms with Crippen LogP contribution in [0.4, 0.5) is 19.0 Å². The second-order valence-electron chi connectivity index (χ2n) is 6.92. The van der Waals surface area contributed by atoms with Crippen molar-refractivity contribution < 1.29 is 13.2 Å². The maximum absolute atomic E-state index is 12.7. The Balaban J connectivity index is 1.54. The Labute approximate surface area is 172 Å². The lowest BCUT2D eigenvalue weighted by Crippen LogP contribution is -2.48. The normalized spacial score (nSPS) is 16.2. The molecule has 1 fully saturated rings. The number of guanidine groups is 1. The molecular formula is C19H25F3N6S. The van der Waals surface area contributed by atoms with Gasteiger partial charge >= 0.3 is 6.18 Å². The second-order valence-corrected chi connectivity index (χ2v) is 7.86. The number of alkyl halides is 3. The lowest BCUT2D eigenvalue weighted by molar-refractivity contribution is -0.140. The van der Waals surface area contributed by atoms with E-state index in [2.05, 4.69) is 36.6 Å². The molecule has 1 aliphatic rings. The molecule has 158 valence electrons. The molecule has 0 radical (unpaired) electrons. The van der Waals surface area contributed by atoms with Gasteiger partial charge in [-0.25, -0.2) is 15.0 Å². The van der Waals surface area contributed by atoms with E-state index in [4.69, 9.17) is 0 Å². The first kappa shape index (κ1) is 21.4. The molecule has 0 atom stereocenters. The fourth-order valence-corrected chi connectivity index (χ4v) is 3.80. The van der Waals surface area contributed by atoms with Crippen LogP contribution in [0, 0.1) is 6.92 Å². The van der Waals surface area contributed by atoms with Crippen LogP contribution in [0.1, 0.15) is 36.0 Å². The number of thiazole rings is 1. The Morgan fingerprint density at radius 1 is 1.31 bits per heavy atom. The monoisotopic (exact) mass is 426 g/mol. The highest BCUT2D eigenvalue weighted by molar-refractivity contribution is 7.09. The van der Waals surface area contributed by atoms with Crippen LogP contribution in [0.5, 0.6) is 0 Å². The standard InChI is InChI=1S/C19H25F3N6S/c1-3-23-18(25-11-17-27-15(12-29-17)19(20,21)22)26-14-6-8-28(9-7-14)16-5-4-13(2)10-24-16/h4-5,10,12,14H,3,6-9,11H2,1-2H3,(H2,23,25,26). The quantitative estimate of drug-likeness (QED) is 0.565. The van der Waals surface area contributed by atoms with Crippen LogP contribution in [-0.4, -0.2) is 41.6 Å². The maximum Gasteiger partial charge on any atom is 0.434 e. The molecule has 0 unspecified atom stereocenters. The van der Waals surface area contributed by atoms with Gasteiger partial charge in [0, 0.05) is 37.3 Å². The zero-order valence-corrected chi connectivity index (χ0v) is 17.3. The van der Waals surface area contributed by atoms with E-state index in [9.17, 15) is 13.2 Å². The SMILES string of the molecule is CCNC(=NCc1nc(C(F)(F)F)cs1)NC1CCN(c2ccc(C)cn2)CC1. The number of aliphatic imine (C=N–C) groups is 1. The molecule has 6 nitrogen and oxygen atoms in total. The molecule has 0 aliphatic carbocycles. The van der Waals surface area contributed by atoms with E-state index in [-0.39, 0.29) is 12.6 Å². The molecule has 2 N–H and O–H groups in total. The van der Waals surface area contributed by atoms with E-state index < -0.39 is 11.9 Å². The average molecular weight is 427 g/mol. The third-order valence-electron chi connectivity index (χ3n) is 4.61. The van der Waals surface area contributed by atoms with Gasteiger partial charge in [0.15, 0.2) is 11.7 Å². The van der Waals surface area contributed by atoms with Crippen LogP contribution < -0.4 is 15.5 Å². The van der Waals surface area contributed by atoms with Crippen LogP contribution in [-0.2, 0) is 12.7 Å². The molecule has 1 saturated heterocycles. The van der Waals surface area contributed by atoms with Crippen LogP contribution in [0.3, 0.4) is 0 Å². The lowest BCUT2D eigenvalue weighted by atomic mass is 10.1. The number of aromatic nitrogens is 2. The fourth-order valence-electron chi connectivity index (χ4n) is 3.07. The minimum atomic E-state index is -4.42. The molecule has 2 aromatic heterocycles. The van der Waals surface area contributed by atoms with E-state index >= 15 is 0 Å². The number of pyridine rings is 1. The highest BCUT2D eigenvalue weighted by Crippen LogP contribution is 2.30. The summed E-state index contributed by atoms with van der Waals surface area (Å²) >= 11 is 0.974. The van der Waals surface area contributed by atoms with Gasteiger partial charge in [0.05, 0.1) is 6.54 Å². The van der Waals surface area contributed by atoms with E-state index in [0.717, 1.165) is 54.0 Å². The molecule has 0 bridgehead atoms. The summed E-state index contributed by atoms with van der Waals surface area (Å²) in [4.78, 5) is 14.8. The summed E-state index contributed by atoms with van der Waals surface area (Å²) in [6.07, 6.45) is -0.690. The molecule has 0 spiro atoms. The number of nitrogens with one attached hydrogen (secondary N) is 2. The highest BCUT2D eigenvalue weighted by Gasteiger charge is 2.33. The Morgan fingerprint density at radius 2 is 2.07 bits per heavy atom. The predicted molar refractivity (Wildman–Crippen MR) is 109 cm³/mol. The number of nitrogens with zero attached hydrogens (tertiary/aromatic N) is 4. The summed E-state index contributed by atoms with van der Waals surface area (Å²) in [6, 6.07) is 4.35. The average Bonchev–Trinajstić information content (AvgIpc) is 3.17. The number of halogens is 3. The molecule has 0 saturated carbocycles. The molecule has 0 amide bonds. The first-order valence-corrected chi connectivity index (χ1v) is 10.5. The van der Waals surface area contributed by atoms with E-state index in [1.807, 2.05) is 26.1 Å². The fraction of sp³-hybridized carbons (Fsp3) is 0.526. The van der Waals surface area contributed by atoms with Crippen LogP contribution in [0.25, 0.3) is 0 Å². The van der Waals surface area contributed by atoms with E-state index in [0.29, 0.717) is 17.5 Å². The second kappa shape index (κ2) is 9.43. The number of hydrogen-bond acceptors (Lipinski definition) is 5. The molecule has 2 aromatic rings. The highest BCUT2D eigenvalue weighted by atomic mass is 32.1. The summed E-state index contributed by atoms with van der Waals surface area (Å²) in [6.45, 7) is 6.52. The molecule has 1 aliphatic heterocycles. The smallest absolute Gasteiger partial charge is 0.357 e. The molecule has 0 aromatic carbocycles. The minimum Gasteiger partial charge on any atom is -0.357 e. The zero-order chi connectivity index (χ0) is 20.9. The van der Waals surface area contributed by atoms with Crippen molar-refractivity contribution in [3.05, 3.63) is 40.0 Å². The van der Waals surface area contributed by atoms with Gasteiger partial charge in [0.2, 0.25) is 0 Å². The van der Waals surface area contributed by atoms with Gasteiger partial charge in [0.25, 0.3) is 0 Å². The Bertz CT molecular complexity index is 810. The first-order valence-electron chi connectivity index (χ1n) is 9.59. The van der Waals surface area contributed by atoms with Gasteiger partial charge in [-0.05, 0) is 38.3 Å². The minimum absolute atomic E-state index is 0.113. The van der Waals surface area contributed by atoms with Crippen molar-refractivity contribution in [2.75, 3.05) is 24.5 Å². The van der Waals surface area contributed by atoms with Crippen molar-refractivity contribution in [1.82, 2.24) is 20.6 Å². The molecule has 3 heterocycles. The van der Waals surface area contributed by atoms with Gasteiger partial charge in [0.1, 0.15) is 10.8 Å². The van der Waals surface area contributed by atoms with Crippen molar-refractivity contribution in [3.8, 4) is 0 Å². The summed E-state index contributed by atoms with van der Waals surface area (Å²) in [5.74, 6) is 1.59. The van der Waals surface area contributed by atoms with Crippen molar-refractivity contribution in [3.63, 3.8) is 0 Å². The summed E-state index contributed by atoms with van der Waals surface area (Å²) in [7, 11) is 0. The molecule has 3 rings (SSSR count). The Hall–Kier alpha value is -2.36. The maximum atomic E-state index is 12.7. The van der Waals surface area contributed by atoms with Crippen molar-refractivity contribution in [1.29, 1.82) is 0 Å². The van der Waals surface area contributed by atoms with Gasteiger partial charge < -0.3 is 15.5 Å². The number of piperidine rings is 1. The molecular weight excluding hydrogens is 401 g/mol. The van der Waals surface area contributed by atoms with Crippen molar-refractivity contribution in [2.45, 2.75) is 45.5 Å². The van der Waals surface area contributed by atoms with Crippen molar-refractivity contribution >= 4 is 23.1 Å². The number of hydrogen-bond donors (Lipinski definition) is 2. The van der Waals surface area contributed by atoms with Gasteiger partial charge in [-0.2, -0.15) is 13.2 Å². The van der Waals surface area contributed by atoms with Crippen LogP contribution in [0.15, 0.2) is 28.7 Å². The first-order chi connectivity index (χ1) is 13.8.